The molecular weight excluding hydrogens is 382 g/mol. The Bertz CT molecular complexity index is 984. The van der Waals surface area contributed by atoms with Crippen molar-refractivity contribution in [1.82, 2.24) is 9.78 Å². The molecule has 0 bridgehead atoms. The third kappa shape index (κ3) is 3.67. The minimum atomic E-state index is -1.52. The smallest absolute Gasteiger partial charge is 0.101 e. The topological polar surface area (TPSA) is 81.7 Å². The predicted octanol–water partition coefficient (Wildman–Crippen LogP) is 2.96. The van der Waals surface area contributed by atoms with Crippen LogP contribution >= 0.6 is 15.9 Å². The highest BCUT2D eigenvalue weighted by molar-refractivity contribution is 9.10. The van der Waals surface area contributed by atoms with Crippen molar-refractivity contribution in [3.63, 3.8) is 0 Å². The van der Waals surface area contributed by atoms with E-state index in [0.29, 0.717) is 11.3 Å². The van der Waals surface area contributed by atoms with Crippen LogP contribution in [0, 0.1) is 11.3 Å². The molecule has 0 atom stereocenters. The fourth-order valence-corrected chi connectivity index (χ4v) is 2.59. The van der Waals surface area contributed by atoms with E-state index in [1.54, 1.807) is 16.9 Å². The summed E-state index contributed by atoms with van der Waals surface area (Å²) in [5.74, 6) is -1.52. The van der Waals surface area contributed by atoms with Gasteiger partial charge in [-0.2, -0.15) is 10.4 Å². The molecule has 0 saturated heterocycles. The van der Waals surface area contributed by atoms with Gasteiger partial charge in [-0.15, -0.1) is 0 Å². The molecule has 0 aliphatic heterocycles. The van der Waals surface area contributed by atoms with E-state index in [2.05, 4.69) is 21.0 Å². The lowest BCUT2D eigenvalue weighted by atomic mass is 10.1. The normalized spacial score (nSPS) is 11.1. The first kappa shape index (κ1) is 16.7. The second-order valence-corrected chi connectivity index (χ2v) is 6.09. The van der Waals surface area contributed by atoms with Crippen molar-refractivity contribution in [1.29, 1.82) is 5.26 Å². The predicted molar refractivity (Wildman–Crippen MR) is 95.3 cm³/mol. The summed E-state index contributed by atoms with van der Waals surface area (Å²) in [7, 11) is 0. The number of carbonyl (C=O) groups excluding carboxylic acids is 1. The summed E-state index contributed by atoms with van der Waals surface area (Å²) in [4.78, 5) is 11.1. The number of aromatic nitrogens is 2. The van der Waals surface area contributed by atoms with Gasteiger partial charge < -0.3 is 9.90 Å². The van der Waals surface area contributed by atoms with Crippen molar-refractivity contribution in [2.75, 3.05) is 0 Å². The highest BCUT2D eigenvalue weighted by Gasteiger charge is 2.12. The van der Waals surface area contributed by atoms with Gasteiger partial charge in [0.05, 0.1) is 22.9 Å². The molecule has 0 spiro atoms. The first-order valence-electron chi connectivity index (χ1n) is 7.32. The van der Waals surface area contributed by atoms with Crippen molar-refractivity contribution in [3.8, 4) is 23.0 Å². The number of carboxylic acid groups (broad SMARTS) is 1. The van der Waals surface area contributed by atoms with Crippen molar-refractivity contribution in [2.24, 2.45) is 0 Å². The standard InChI is InChI=1S/C19H12BrN3O2/c20-16-8-6-13(7-9-16)18-15(10-14(11-21)19(24)25)12-23(22-18)17-4-2-1-3-5-17/h1-10,12H,(H,24,25)/p-1/b14-10+. The third-order valence-electron chi connectivity index (χ3n) is 3.52. The van der Waals surface area contributed by atoms with Gasteiger partial charge in [0, 0.05) is 21.8 Å². The van der Waals surface area contributed by atoms with Crippen LogP contribution < -0.4 is 5.11 Å². The Labute approximate surface area is 152 Å². The fourth-order valence-electron chi connectivity index (χ4n) is 2.33. The summed E-state index contributed by atoms with van der Waals surface area (Å²) in [5, 5.41) is 24.6. The molecule has 0 radical (unpaired) electrons. The average Bonchev–Trinajstić information content (AvgIpc) is 3.04. The van der Waals surface area contributed by atoms with Gasteiger partial charge >= 0.3 is 0 Å². The number of benzene rings is 2. The molecule has 0 saturated carbocycles. The number of aliphatic carboxylic acids is 1. The van der Waals surface area contributed by atoms with Gasteiger partial charge in [0.25, 0.3) is 0 Å². The molecule has 25 heavy (non-hydrogen) atoms. The van der Waals surface area contributed by atoms with Gasteiger partial charge in [-0.05, 0) is 30.3 Å². The maximum Gasteiger partial charge on any atom is 0.101 e. The SMILES string of the molecule is N#C/C(=C\c1cn(-c2ccccc2)nc1-c1ccc(Br)cc1)C(=O)[O-]. The maximum atomic E-state index is 11.1. The van der Waals surface area contributed by atoms with Crippen molar-refractivity contribution < 1.29 is 9.90 Å². The number of para-hydroxylation sites is 1. The van der Waals surface area contributed by atoms with E-state index in [1.807, 2.05) is 54.6 Å². The summed E-state index contributed by atoms with van der Waals surface area (Å²) in [6.45, 7) is 0. The lowest BCUT2D eigenvalue weighted by Crippen LogP contribution is -2.23. The zero-order chi connectivity index (χ0) is 17.8. The molecule has 3 aromatic rings. The van der Waals surface area contributed by atoms with Gasteiger partial charge in [0.2, 0.25) is 0 Å². The second-order valence-electron chi connectivity index (χ2n) is 5.18. The number of rotatable bonds is 4. The second kappa shape index (κ2) is 7.16. The highest BCUT2D eigenvalue weighted by Crippen LogP contribution is 2.27. The third-order valence-corrected chi connectivity index (χ3v) is 4.05. The first-order chi connectivity index (χ1) is 12.1. The fraction of sp³-hybridized carbons (Fsp3) is 0. The van der Waals surface area contributed by atoms with Gasteiger partial charge in [-0.1, -0.05) is 46.3 Å². The molecule has 0 N–H and O–H groups in total. The van der Waals surface area contributed by atoms with Crippen LogP contribution in [0.2, 0.25) is 0 Å². The van der Waals surface area contributed by atoms with E-state index in [1.165, 1.54) is 6.08 Å². The molecular formula is C19H11BrN3O2-. The van der Waals surface area contributed by atoms with E-state index >= 15 is 0 Å². The van der Waals surface area contributed by atoms with Crippen molar-refractivity contribution in [3.05, 3.63) is 76.4 Å². The number of halogens is 1. The number of nitriles is 1. The summed E-state index contributed by atoms with van der Waals surface area (Å²) in [5.41, 5.74) is 2.27. The van der Waals surface area contributed by atoms with Gasteiger partial charge in [0.15, 0.2) is 0 Å². The van der Waals surface area contributed by atoms with Crippen LogP contribution in [0.25, 0.3) is 23.0 Å². The molecule has 2 aromatic carbocycles. The van der Waals surface area contributed by atoms with Gasteiger partial charge in [-0.25, -0.2) is 4.68 Å². The minimum absolute atomic E-state index is 0.453. The van der Waals surface area contributed by atoms with Crippen LogP contribution in [0.3, 0.4) is 0 Å². The maximum absolute atomic E-state index is 11.1. The monoisotopic (exact) mass is 392 g/mol. The zero-order valence-corrected chi connectivity index (χ0v) is 14.5. The molecule has 0 amide bonds. The zero-order valence-electron chi connectivity index (χ0n) is 12.9. The Morgan fingerprint density at radius 1 is 1.16 bits per heavy atom. The van der Waals surface area contributed by atoms with Crippen LogP contribution in [0.1, 0.15) is 5.56 Å². The molecule has 3 rings (SSSR count). The van der Waals surface area contributed by atoms with E-state index in [4.69, 9.17) is 5.26 Å². The average molecular weight is 393 g/mol. The van der Waals surface area contributed by atoms with Crippen molar-refractivity contribution in [2.45, 2.75) is 0 Å². The van der Waals surface area contributed by atoms with Crippen LogP contribution in [0.5, 0.6) is 0 Å². The molecule has 0 fully saturated rings. The van der Waals surface area contributed by atoms with E-state index in [0.717, 1.165) is 15.7 Å². The molecule has 0 unspecified atom stereocenters. The van der Waals surface area contributed by atoms with E-state index in [-0.39, 0.29) is 0 Å². The Kier molecular flexibility index (Phi) is 4.78. The highest BCUT2D eigenvalue weighted by atomic mass is 79.9. The summed E-state index contributed by atoms with van der Waals surface area (Å²) < 4.78 is 2.57. The van der Waals surface area contributed by atoms with Crippen molar-refractivity contribution >= 4 is 28.0 Å². The summed E-state index contributed by atoms with van der Waals surface area (Å²) in [6, 6.07) is 18.5. The van der Waals surface area contributed by atoms with Gasteiger partial charge in [0.1, 0.15) is 6.07 Å². The Morgan fingerprint density at radius 2 is 1.84 bits per heavy atom. The molecule has 0 aliphatic carbocycles. The quantitative estimate of drug-likeness (QED) is 0.504. The molecule has 0 aliphatic rings. The molecule has 6 heteroatoms. The number of hydrogen-bond donors (Lipinski definition) is 0. The van der Waals surface area contributed by atoms with Crippen LogP contribution in [0.15, 0.2) is 70.8 Å². The van der Waals surface area contributed by atoms with Gasteiger partial charge in [-0.3, -0.25) is 0 Å². The molecule has 5 nitrogen and oxygen atoms in total. The molecule has 1 aromatic heterocycles. The largest absolute Gasteiger partial charge is 0.544 e. The molecule has 122 valence electrons. The van der Waals surface area contributed by atoms with Crippen LogP contribution in [0.4, 0.5) is 0 Å². The van der Waals surface area contributed by atoms with Crippen LogP contribution in [-0.4, -0.2) is 15.7 Å². The summed E-state index contributed by atoms with van der Waals surface area (Å²) in [6.07, 6.45) is 2.96. The van der Waals surface area contributed by atoms with E-state index < -0.39 is 11.5 Å². The lowest BCUT2D eigenvalue weighted by Gasteiger charge is -2.01. The number of carbonyl (C=O) groups is 1. The van der Waals surface area contributed by atoms with Crippen LogP contribution in [-0.2, 0) is 4.79 Å². The minimum Gasteiger partial charge on any atom is -0.544 e. The van der Waals surface area contributed by atoms with E-state index in [9.17, 15) is 9.90 Å². The Hall–Kier alpha value is -3.17. The lowest BCUT2D eigenvalue weighted by molar-refractivity contribution is -0.298. The number of hydrogen-bond acceptors (Lipinski definition) is 4. The summed E-state index contributed by atoms with van der Waals surface area (Å²) >= 11 is 3.38. The first-order valence-corrected chi connectivity index (χ1v) is 8.12. The number of carboxylic acids is 1. The molecule has 1 heterocycles. The Balaban J connectivity index is 2.18. The Morgan fingerprint density at radius 3 is 2.44 bits per heavy atom. The number of nitrogens with zero attached hydrogens (tertiary/aromatic N) is 3.